The lowest BCUT2D eigenvalue weighted by atomic mass is 10.1. The van der Waals surface area contributed by atoms with Gasteiger partial charge in [-0.15, -0.1) is 0 Å². The summed E-state index contributed by atoms with van der Waals surface area (Å²) in [5.41, 5.74) is 2.36. The molecule has 0 saturated heterocycles. The molecule has 1 aromatic heterocycles. The summed E-state index contributed by atoms with van der Waals surface area (Å²) in [6.45, 7) is 2.87. The highest BCUT2D eigenvalue weighted by Gasteiger charge is 2.13. The van der Waals surface area contributed by atoms with E-state index in [4.69, 9.17) is 18.9 Å². The van der Waals surface area contributed by atoms with E-state index in [1.807, 2.05) is 12.1 Å². The van der Waals surface area contributed by atoms with Crippen molar-refractivity contribution in [1.29, 1.82) is 0 Å². The van der Waals surface area contributed by atoms with E-state index in [1.165, 1.54) is 5.56 Å². The SMILES string of the molecule is COCCOCn1cc(CCN(C)C)c2c(OCOC)cccc21. The van der Waals surface area contributed by atoms with Gasteiger partial charge in [0.15, 0.2) is 6.79 Å². The minimum absolute atomic E-state index is 0.238. The fraction of sp³-hybridized carbons (Fsp3) is 0.556. The third kappa shape index (κ3) is 4.95. The van der Waals surface area contributed by atoms with Gasteiger partial charge in [-0.05, 0) is 38.2 Å². The molecule has 0 fully saturated rings. The number of benzene rings is 1. The average molecular weight is 336 g/mol. The summed E-state index contributed by atoms with van der Waals surface area (Å²) >= 11 is 0. The molecule has 2 aromatic rings. The molecule has 1 heterocycles. The van der Waals surface area contributed by atoms with Gasteiger partial charge in [-0.25, -0.2) is 0 Å². The largest absolute Gasteiger partial charge is 0.467 e. The van der Waals surface area contributed by atoms with E-state index < -0.39 is 0 Å². The lowest BCUT2D eigenvalue weighted by molar-refractivity contribution is 0.0359. The van der Waals surface area contributed by atoms with Crippen molar-refractivity contribution in [2.24, 2.45) is 0 Å². The highest BCUT2D eigenvalue weighted by Crippen LogP contribution is 2.31. The Hall–Kier alpha value is -1.60. The van der Waals surface area contributed by atoms with Crippen LogP contribution in [0.25, 0.3) is 10.9 Å². The summed E-state index contributed by atoms with van der Waals surface area (Å²) in [4.78, 5) is 2.18. The molecule has 0 aliphatic heterocycles. The van der Waals surface area contributed by atoms with Crippen LogP contribution in [0, 0.1) is 0 Å². The Labute approximate surface area is 143 Å². The predicted molar refractivity (Wildman–Crippen MR) is 94.5 cm³/mol. The summed E-state index contributed by atoms with van der Waals surface area (Å²) in [5.74, 6) is 0.846. The molecule has 0 aliphatic carbocycles. The molecule has 24 heavy (non-hydrogen) atoms. The van der Waals surface area contributed by atoms with Crippen molar-refractivity contribution in [3.8, 4) is 5.75 Å². The van der Waals surface area contributed by atoms with E-state index in [0.29, 0.717) is 19.9 Å². The quantitative estimate of drug-likeness (QED) is 0.466. The van der Waals surface area contributed by atoms with Gasteiger partial charge in [0.1, 0.15) is 12.5 Å². The van der Waals surface area contributed by atoms with Gasteiger partial charge in [0, 0.05) is 32.3 Å². The lowest BCUT2D eigenvalue weighted by Gasteiger charge is -2.10. The van der Waals surface area contributed by atoms with E-state index in [2.05, 4.69) is 35.8 Å². The second-order valence-corrected chi connectivity index (χ2v) is 5.91. The molecule has 0 N–H and O–H groups in total. The minimum atomic E-state index is 0.238. The number of fused-ring (bicyclic) bond motifs is 1. The molecule has 134 valence electrons. The summed E-state index contributed by atoms with van der Waals surface area (Å²) in [5, 5.41) is 1.13. The van der Waals surface area contributed by atoms with Crippen molar-refractivity contribution in [3.05, 3.63) is 30.0 Å². The molecule has 0 amide bonds. The Kier molecular flexibility index (Phi) is 7.52. The second kappa shape index (κ2) is 9.64. The van der Waals surface area contributed by atoms with Gasteiger partial charge in [0.05, 0.1) is 18.7 Å². The Morgan fingerprint density at radius 2 is 1.92 bits per heavy atom. The van der Waals surface area contributed by atoms with Crippen molar-refractivity contribution in [2.45, 2.75) is 13.2 Å². The first-order valence-corrected chi connectivity index (χ1v) is 8.11. The molecule has 6 nitrogen and oxygen atoms in total. The highest BCUT2D eigenvalue weighted by molar-refractivity contribution is 5.90. The van der Waals surface area contributed by atoms with Crippen LogP contribution < -0.4 is 4.74 Å². The van der Waals surface area contributed by atoms with Crippen LogP contribution >= 0.6 is 0 Å². The van der Waals surface area contributed by atoms with Gasteiger partial charge >= 0.3 is 0 Å². The smallest absolute Gasteiger partial charge is 0.188 e. The molecule has 0 bridgehead atoms. The molecule has 0 atom stereocenters. The summed E-state index contributed by atoms with van der Waals surface area (Å²) in [6, 6.07) is 6.07. The number of hydrogen-bond acceptors (Lipinski definition) is 5. The maximum absolute atomic E-state index is 5.76. The van der Waals surface area contributed by atoms with Gasteiger partial charge in [-0.2, -0.15) is 0 Å². The van der Waals surface area contributed by atoms with Crippen molar-refractivity contribution in [3.63, 3.8) is 0 Å². The molecular weight excluding hydrogens is 308 g/mol. The van der Waals surface area contributed by atoms with E-state index in [0.717, 1.165) is 29.6 Å². The van der Waals surface area contributed by atoms with Crippen LogP contribution in [-0.2, 0) is 27.4 Å². The number of rotatable bonds is 11. The zero-order valence-electron chi connectivity index (χ0n) is 15.1. The number of nitrogens with zero attached hydrogens (tertiary/aromatic N) is 2. The number of aromatic nitrogens is 1. The fourth-order valence-electron chi connectivity index (χ4n) is 2.59. The Morgan fingerprint density at radius 3 is 2.62 bits per heavy atom. The third-order valence-electron chi connectivity index (χ3n) is 3.77. The van der Waals surface area contributed by atoms with Gasteiger partial charge in [0.25, 0.3) is 0 Å². The molecule has 0 aliphatic rings. The molecule has 0 saturated carbocycles. The minimum Gasteiger partial charge on any atom is -0.467 e. The first-order valence-electron chi connectivity index (χ1n) is 8.11. The Morgan fingerprint density at radius 1 is 1.08 bits per heavy atom. The van der Waals surface area contributed by atoms with Gasteiger partial charge in [-0.1, -0.05) is 6.07 Å². The topological polar surface area (TPSA) is 45.1 Å². The summed E-state index contributed by atoms with van der Waals surface area (Å²) in [7, 11) is 7.46. The Bertz CT molecular complexity index is 625. The Balaban J connectivity index is 2.29. The molecule has 6 heteroatoms. The number of hydrogen-bond donors (Lipinski definition) is 0. The molecule has 0 unspecified atom stereocenters. The van der Waals surface area contributed by atoms with Crippen LogP contribution in [0.5, 0.6) is 5.75 Å². The normalized spacial score (nSPS) is 11.5. The van der Waals surface area contributed by atoms with Crippen molar-refractivity contribution in [2.75, 3.05) is 54.9 Å². The van der Waals surface area contributed by atoms with Gasteiger partial charge < -0.3 is 28.4 Å². The number of likely N-dealkylation sites (N-methyl/N-ethyl adjacent to an activating group) is 1. The van der Waals surface area contributed by atoms with E-state index >= 15 is 0 Å². The van der Waals surface area contributed by atoms with Crippen molar-refractivity contribution in [1.82, 2.24) is 9.47 Å². The maximum Gasteiger partial charge on any atom is 0.188 e. The second-order valence-electron chi connectivity index (χ2n) is 5.91. The van der Waals surface area contributed by atoms with E-state index in [1.54, 1.807) is 14.2 Å². The van der Waals surface area contributed by atoms with Crippen LogP contribution in [0.1, 0.15) is 5.56 Å². The highest BCUT2D eigenvalue weighted by atomic mass is 16.7. The fourth-order valence-corrected chi connectivity index (χ4v) is 2.59. The summed E-state index contributed by atoms with van der Waals surface area (Å²) in [6.07, 6.45) is 3.10. The first-order chi connectivity index (χ1) is 11.7. The lowest BCUT2D eigenvalue weighted by Crippen LogP contribution is -2.15. The number of methoxy groups -OCH3 is 2. The van der Waals surface area contributed by atoms with E-state index in [9.17, 15) is 0 Å². The van der Waals surface area contributed by atoms with Crippen LogP contribution in [0.3, 0.4) is 0 Å². The number of ether oxygens (including phenoxy) is 4. The third-order valence-corrected chi connectivity index (χ3v) is 3.77. The zero-order chi connectivity index (χ0) is 17.4. The van der Waals surface area contributed by atoms with Crippen molar-refractivity contribution >= 4 is 10.9 Å². The van der Waals surface area contributed by atoms with Crippen LogP contribution in [0.15, 0.2) is 24.4 Å². The standard InChI is InChI=1S/C18H28N2O4/c1-19(2)9-8-15-12-20(13-23-11-10-21-3)16-6-5-7-17(18(15)16)24-14-22-4/h5-7,12H,8-11,13-14H2,1-4H3. The molecular formula is C18H28N2O4. The van der Waals surface area contributed by atoms with Gasteiger partial charge in [0.2, 0.25) is 0 Å². The van der Waals surface area contributed by atoms with E-state index in [-0.39, 0.29) is 6.79 Å². The summed E-state index contributed by atoms with van der Waals surface area (Å²) < 4.78 is 23.7. The van der Waals surface area contributed by atoms with Crippen LogP contribution in [0.2, 0.25) is 0 Å². The molecule has 1 aromatic carbocycles. The van der Waals surface area contributed by atoms with Crippen LogP contribution in [-0.4, -0.2) is 64.3 Å². The van der Waals surface area contributed by atoms with Gasteiger partial charge in [-0.3, -0.25) is 0 Å². The molecule has 0 spiro atoms. The maximum atomic E-state index is 5.76. The van der Waals surface area contributed by atoms with Crippen molar-refractivity contribution < 1.29 is 18.9 Å². The predicted octanol–water partition coefficient (Wildman–Crippen LogP) is 2.35. The molecule has 0 radical (unpaired) electrons. The molecule has 2 rings (SSSR count). The monoisotopic (exact) mass is 336 g/mol. The van der Waals surface area contributed by atoms with Crippen LogP contribution in [0.4, 0.5) is 0 Å². The first kappa shape index (κ1) is 18.7. The zero-order valence-corrected chi connectivity index (χ0v) is 15.1. The average Bonchev–Trinajstić information content (AvgIpc) is 2.93.